The van der Waals surface area contributed by atoms with E-state index in [1.165, 1.54) is 12.1 Å². The summed E-state index contributed by atoms with van der Waals surface area (Å²) in [6.07, 6.45) is 0. The van der Waals surface area contributed by atoms with E-state index in [-0.39, 0.29) is 27.9 Å². The Balaban J connectivity index is 2.83. The van der Waals surface area contributed by atoms with Crippen LogP contribution in [-0.2, 0) is 0 Å². The third-order valence-electron chi connectivity index (χ3n) is 2.98. The first-order valence-corrected chi connectivity index (χ1v) is 6.49. The van der Waals surface area contributed by atoms with Crippen LogP contribution < -0.4 is 11.2 Å². The van der Waals surface area contributed by atoms with Gasteiger partial charge >= 0.3 is 5.69 Å². The van der Waals surface area contributed by atoms with Gasteiger partial charge in [-0.3, -0.25) is 9.78 Å². The molecule has 0 aliphatic rings. The van der Waals surface area contributed by atoms with Gasteiger partial charge in [0, 0.05) is 0 Å². The minimum absolute atomic E-state index is 0.0506. The summed E-state index contributed by atoms with van der Waals surface area (Å²) in [6.45, 7) is 3.47. The summed E-state index contributed by atoms with van der Waals surface area (Å²) in [5.41, 5.74) is -1.45. The molecule has 1 aromatic heterocycles. The van der Waals surface area contributed by atoms with E-state index in [4.69, 9.17) is 16.9 Å². The molecule has 1 N–H and O–H groups in total. The zero-order valence-corrected chi connectivity index (χ0v) is 12.0. The molecule has 2 aromatic rings. The molecule has 108 valence electrons. The molecule has 0 fully saturated rings. The Bertz CT molecular complexity index is 862. The van der Waals surface area contributed by atoms with Gasteiger partial charge in [0.1, 0.15) is 11.0 Å². The Morgan fingerprint density at radius 1 is 1.38 bits per heavy atom. The molecular formula is C14H11ClFN3O2. The number of benzene rings is 1. The Morgan fingerprint density at radius 3 is 2.57 bits per heavy atom. The van der Waals surface area contributed by atoms with Gasteiger partial charge in [0.2, 0.25) is 0 Å². The fourth-order valence-electron chi connectivity index (χ4n) is 2.00. The molecule has 1 aromatic carbocycles. The lowest BCUT2D eigenvalue weighted by Gasteiger charge is -2.11. The second-order valence-corrected chi connectivity index (χ2v) is 5.11. The summed E-state index contributed by atoms with van der Waals surface area (Å²) in [7, 11) is 0. The van der Waals surface area contributed by atoms with Crippen molar-refractivity contribution in [2.75, 3.05) is 0 Å². The predicted molar refractivity (Wildman–Crippen MR) is 76.4 cm³/mol. The number of H-pyrrole nitrogens is 1. The number of hydrogen-bond donors (Lipinski definition) is 1. The summed E-state index contributed by atoms with van der Waals surface area (Å²) in [5, 5.41) is 8.66. The van der Waals surface area contributed by atoms with Gasteiger partial charge in [0.25, 0.3) is 5.56 Å². The van der Waals surface area contributed by atoms with Crippen molar-refractivity contribution >= 4 is 11.6 Å². The summed E-state index contributed by atoms with van der Waals surface area (Å²) in [4.78, 5) is 26.6. The van der Waals surface area contributed by atoms with Gasteiger partial charge in [0.15, 0.2) is 0 Å². The molecule has 0 saturated carbocycles. The van der Waals surface area contributed by atoms with Crippen molar-refractivity contribution in [3.63, 3.8) is 0 Å². The topological polar surface area (TPSA) is 78.7 Å². The number of aromatic nitrogens is 2. The molecule has 1 heterocycles. The third-order valence-corrected chi connectivity index (χ3v) is 3.28. The number of nitriles is 1. The van der Waals surface area contributed by atoms with Gasteiger partial charge in [-0.05, 0) is 24.1 Å². The van der Waals surface area contributed by atoms with Crippen LogP contribution in [0.15, 0.2) is 27.8 Å². The molecule has 0 bridgehead atoms. The lowest BCUT2D eigenvalue weighted by atomic mass is 10.1. The van der Waals surface area contributed by atoms with Gasteiger partial charge in [-0.15, -0.1) is 0 Å². The van der Waals surface area contributed by atoms with Crippen LogP contribution in [0.2, 0.25) is 5.15 Å². The zero-order valence-electron chi connectivity index (χ0n) is 11.3. The van der Waals surface area contributed by atoms with E-state index in [0.717, 1.165) is 6.07 Å². The Morgan fingerprint density at radius 2 is 2.05 bits per heavy atom. The van der Waals surface area contributed by atoms with Gasteiger partial charge in [0.05, 0.1) is 22.9 Å². The van der Waals surface area contributed by atoms with E-state index < -0.39 is 17.1 Å². The monoisotopic (exact) mass is 307 g/mol. The molecule has 0 spiro atoms. The smallest absolute Gasteiger partial charge is 0.297 e. The molecule has 0 saturated heterocycles. The van der Waals surface area contributed by atoms with E-state index in [1.807, 2.05) is 0 Å². The first-order valence-electron chi connectivity index (χ1n) is 6.11. The van der Waals surface area contributed by atoms with Gasteiger partial charge < -0.3 is 0 Å². The zero-order chi connectivity index (χ0) is 15.7. The molecule has 0 unspecified atom stereocenters. The number of aromatic amines is 1. The minimum atomic E-state index is -0.835. The van der Waals surface area contributed by atoms with Crippen molar-refractivity contribution < 1.29 is 4.39 Å². The Labute approximate surface area is 124 Å². The third kappa shape index (κ3) is 2.60. The summed E-state index contributed by atoms with van der Waals surface area (Å²) >= 11 is 5.87. The fraction of sp³-hybridized carbons (Fsp3) is 0.214. The van der Waals surface area contributed by atoms with Crippen LogP contribution in [0.5, 0.6) is 0 Å². The highest BCUT2D eigenvalue weighted by Crippen LogP contribution is 2.18. The number of rotatable bonds is 2. The molecule has 0 amide bonds. The van der Waals surface area contributed by atoms with Crippen molar-refractivity contribution in [1.82, 2.24) is 9.55 Å². The molecule has 21 heavy (non-hydrogen) atoms. The lowest BCUT2D eigenvalue weighted by Crippen LogP contribution is -2.37. The van der Waals surface area contributed by atoms with Crippen molar-refractivity contribution in [3.8, 4) is 11.8 Å². The summed E-state index contributed by atoms with van der Waals surface area (Å²) in [5.74, 6) is -1.08. The van der Waals surface area contributed by atoms with E-state index in [2.05, 4.69) is 4.98 Å². The maximum absolute atomic E-state index is 14.0. The maximum Gasteiger partial charge on any atom is 0.334 e. The van der Waals surface area contributed by atoms with Crippen molar-refractivity contribution in [2.24, 2.45) is 0 Å². The Hall–Kier alpha value is -2.39. The molecule has 0 aliphatic carbocycles. The average molecular weight is 308 g/mol. The normalized spacial score (nSPS) is 10.7. The lowest BCUT2D eigenvalue weighted by molar-refractivity contribution is 0.610. The minimum Gasteiger partial charge on any atom is -0.297 e. The summed E-state index contributed by atoms with van der Waals surface area (Å²) in [6, 6.07) is 5.28. The van der Waals surface area contributed by atoms with E-state index >= 15 is 0 Å². The molecule has 0 radical (unpaired) electrons. The highest BCUT2D eigenvalue weighted by atomic mass is 35.5. The Kier molecular flexibility index (Phi) is 3.96. The number of halogens is 2. The maximum atomic E-state index is 14.0. The summed E-state index contributed by atoms with van der Waals surface area (Å²) < 4.78 is 14.7. The highest BCUT2D eigenvalue weighted by Gasteiger charge is 2.18. The van der Waals surface area contributed by atoms with Crippen LogP contribution in [0.1, 0.15) is 30.9 Å². The van der Waals surface area contributed by atoms with E-state index in [1.54, 1.807) is 19.9 Å². The second-order valence-electron chi connectivity index (χ2n) is 4.73. The fourth-order valence-corrected chi connectivity index (χ4v) is 2.38. The molecule has 7 heteroatoms. The van der Waals surface area contributed by atoms with Crippen molar-refractivity contribution in [3.05, 3.63) is 61.1 Å². The molecule has 5 nitrogen and oxygen atoms in total. The van der Waals surface area contributed by atoms with Crippen molar-refractivity contribution in [1.29, 1.82) is 5.26 Å². The first-order chi connectivity index (χ1) is 9.86. The van der Waals surface area contributed by atoms with E-state index in [9.17, 15) is 14.0 Å². The van der Waals surface area contributed by atoms with Crippen LogP contribution in [0.4, 0.5) is 4.39 Å². The molecule has 2 rings (SSSR count). The van der Waals surface area contributed by atoms with Gasteiger partial charge in [-0.2, -0.15) is 5.26 Å². The quantitative estimate of drug-likeness (QED) is 0.865. The van der Waals surface area contributed by atoms with Crippen LogP contribution in [0.3, 0.4) is 0 Å². The molecule has 0 atom stereocenters. The van der Waals surface area contributed by atoms with Gasteiger partial charge in [-0.25, -0.2) is 13.8 Å². The highest BCUT2D eigenvalue weighted by molar-refractivity contribution is 6.30. The second kappa shape index (κ2) is 5.54. The molecule has 0 aliphatic heterocycles. The SMILES string of the molecule is CC(C)c1c(Cl)[nH]c(=O)n(-c2ccc(C#N)cc2F)c1=O. The van der Waals surface area contributed by atoms with Crippen LogP contribution in [0.25, 0.3) is 5.69 Å². The van der Waals surface area contributed by atoms with Crippen LogP contribution in [-0.4, -0.2) is 9.55 Å². The number of nitrogens with one attached hydrogen (secondary N) is 1. The van der Waals surface area contributed by atoms with Crippen molar-refractivity contribution in [2.45, 2.75) is 19.8 Å². The van der Waals surface area contributed by atoms with Crippen LogP contribution in [0, 0.1) is 17.1 Å². The first kappa shape index (κ1) is 15.0. The molecular weight excluding hydrogens is 297 g/mol. The number of hydrogen-bond acceptors (Lipinski definition) is 3. The van der Waals surface area contributed by atoms with Gasteiger partial charge in [-0.1, -0.05) is 25.4 Å². The largest absolute Gasteiger partial charge is 0.334 e. The predicted octanol–water partition coefficient (Wildman–Crippen LogP) is 2.31. The number of nitrogens with zero attached hydrogens (tertiary/aromatic N) is 2. The van der Waals surface area contributed by atoms with Crippen LogP contribution >= 0.6 is 11.6 Å². The average Bonchev–Trinajstić information content (AvgIpc) is 2.39. The van der Waals surface area contributed by atoms with E-state index in [0.29, 0.717) is 4.57 Å². The standard InChI is InChI=1S/C14H11ClFN3O2/c1-7(2)11-12(15)18-14(21)19(13(11)20)10-4-3-8(6-17)5-9(10)16/h3-5,7H,1-2H3,(H,18,21).